The van der Waals surface area contributed by atoms with Crippen molar-refractivity contribution >= 4 is 23.3 Å². The molecule has 0 atom stereocenters. The van der Waals surface area contributed by atoms with Crippen molar-refractivity contribution in [3.05, 3.63) is 47.0 Å². The lowest BCUT2D eigenvalue weighted by Gasteiger charge is -2.10. The van der Waals surface area contributed by atoms with Crippen molar-refractivity contribution in [2.45, 2.75) is 39.5 Å². The second kappa shape index (κ2) is 8.65. The van der Waals surface area contributed by atoms with E-state index in [1.165, 1.54) is 4.80 Å². The molecular weight excluding hydrogens is 358 g/mol. The van der Waals surface area contributed by atoms with Crippen LogP contribution >= 0.6 is 0 Å². The number of carbonyl (C=O) groups is 2. The van der Waals surface area contributed by atoms with Crippen molar-refractivity contribution in [2.75, 3.05) is 6.61 Å². The van der Waals surface area contributed by atoms with E-state index in [1.54, 1.807) is 25.1 Å². The van der Waals surface area contributed by atoms with Crippen LogP contribution in [0.25, 0.3) is 16.7 Å². The van der Waals surface area contributed by atoms with E-state index in [2.05, 4.69) is 10.2 Å². The van der Waals surface area contributed by atoms with E-state index in [1.807, 2.05) is 19.1 Å². The van der Waals surface area contributed by atoms with Crippen LogP contribution in [-0.4, -0.2) is 39.0 Å². The molecule has 3 rings (SSSR count). The normalized spacial score (nSPS) is 10.9. The number of nitrogens with zero attached hydrogens (tertiary/aromatic N) is 3. The third kappa shape index (κ3) is 4.19. The SMILES string of the molecule is CCOC(=O)c1ccc2nn(-c3cc(CCCCC=O)cc(C)c3O)nc2c1. The molecule has 0 fully saturated rings. The van der Waals surface area contributed by atoms with E-state index in [-0.39, 0.29) is 5.75 Å². The van der Waals surface area contributed by atoms with Crippen molar-refractivity contribution in [3.8, 4) is 11.4 Å². The lowest BCUT2D eigenvalue weighted by molar-refractivity contribution is -0.107. The van der Waals surface area contributed by atoms with Gasteiger partial charge in [-0.15, -0.1) is 15.0 Å². The number of phenols is 1. The molecule has 0 radical (unpaired) electrons. The molecule has 2 aromatic carbocycles. The number of aryl methyl sites for hydroxylation is 2. The minimum Gasteiger partial charge on any atom is -0.505 e. The summed E-state index contributed by atoms with van der Waals surface area (Å²) in [6.45, 7) is 3.88. The van der Waals surface area contributed by atoms with Gasteiger partial charge in [-0.1, -0.05) is 6.07 Å². The summed E-state index contributed by atoms with van der Waals surface area (Å²) in [4.78, 5) is 23.8. The third-order valence-electron chi connectivity index (χ3n) is 4.48. The third-order valence-corrected chi connectivity index (χ3v) is 4.48. The average molecular weight is 381 g/mol. The maximum atomic E-state index is 11.9. The standard InChI is InChI=1S/C21H23N3O4/c1-3-28-21(27)16-8-9-17-18(13-16)23-24(22-17)19-12-15(7-5-4-6-10-25)11-14(2)20(19)26/h8-13,26H,3-7H2,1-2H3. The van der Waals surface area contributed by atoms with Crippen LogP contribution in [-0.2, 0) is 16.0 Å². The van der Waals surface area contributed by atoms with Crippen molar-refractivity contribution in [1.29, 1.82) is 0 Å². The number of unbranched alkanes of at least 4 members (excludes halogenated alkanes) is 2. The number of fused-ring (bicyclic) bond motifs is 1. The number of aromatic hydroxyl groups is 1. The Kier molecular flexibility index (Phi) is 6.03. The molecule has 0 saturated carbocycles. The van der Waals surface area contributed by atoms with Crippen LogP contribution in [0.1, 0.15) is 47.7 Å². The smallest absolute Gasteiger partial charge is 0.338 e. The Morgan fingerprint density at radius 2 is 1.96 bits per heavy atom. The first kappa shape index (κ1) is 19.5. The molecule has 146 valence electrons. The molecule has 1 N–H and O–H groups in total. The van der Waals surface area contributed by atoms with Crippen LogP contribution in [0, 0.1) is 6.92 Å². The number of benzene rings is 2. The fourth-order valence-corrected chi connectivity index (χ4v) is 3.05. The number of esters is 1. The summed E-state index contributed by atoms with van der Waals surface area (Å²) in [6.07, 6.45) is 4.00. The Labute approximate surface area is 162 Å². The summed E-state index contributed by atoms with van der Waals surface area (Å²) in [5.74, 6) is -0.294. The summed E-state index contributed by atoms with van der Waals surface area (Å²) < 4.78 is 5.02. The second-order valence-electron chi connectivity index (χ2n) is 6.61. The number of phenolic OH excluding ortho intramolecular Hbond substituents is 1. The molecule has 0 saturated heterocycles. The van der Waals surface area contributed by atoms with Crippen molar-refractivity contribution in [2.24, 2.45) is 0 Å². The van der Waals surface area contributed by atoms with Crippen LogP contribution in [0.3, 0.4) is 0 Å². The van der Waals surface area contributed by atoms with Gasteiger partial charge in [0.1, 0.15) is 28.8 Å². The molecule has 0 bridgehead atoms. The molecule has 0 unspecified atom stereocenters. The Hall–Kier alpha value is -3.22. The Balaban J connectivity index is 1.93. The van der Waals surface area contributed by atoms with Crippen LogP contribution in [0.2, 0.25) is 0 Å². The van der Waals surface area contributed by atoms with Gasteiger partial charge in [0, 0.05) is 6.42 Å². The molecule has 0 spiro atoms. The summed E-state index contributed by atoms with van der Waals surface area (Å²) in [5, 5.41) is 19.4. The summed E-state index contributed by atoms with van der Waals surface area (Å²) in [6, 6.07) is 8.77. The van der Waals surface area contributed by atoms with Crippen molar-refractivity contribution < 1.29 is 19.4 Å². The summed E-state index contributed by atoms with van der Waals surface area (Å²) in [5.41, 5.74) is 3.83. The molecule has 7 heteroatoms. The van der Waals surface area contributed by atoms with Gasteiger partial charge in [-0.05, 0) is 68.5 Å². The predicted molar refractivity (Wildman–Crippen MR) is 105 cm³/mol. The molecule has 3 aromatic rings. The maximum Gasteiger partial charge on any atom is 0.338 e. The number of ether oxygens (including phenoxy) is 1. The number of carbonyl (C=O) groups excluding carboxylic acids is 2. The fourth-order valence-electron chi connectivity index (χ4n) is 3.05. The van der Waals surface area contributed by atoms with Gasteiger partial charge < -0.3 is 14.6 Å². The van der Waals surface area contributed by atoms with Gasteiger partial charge in [0.2, 0.25) is 0 Å². The Bertz CT molecular complexity index is 1010. The molecule has 0 aliphatic rings. The van der Waals surface area contributed by atoms with Crippen LogP contribution in [0.4, 0.5) is 0 Å². The van der Waals surface area contributed by atoms with E-state index in [0.29, 0.717) is 35.3 Å². The number of aldehydes is 1. The number of hydrogen-bond donors (Lipinski definition) is 1. The molecule has 1 aromatic heterocycles. The number of aromatic nitrogens is 3. The molecule has 28 heavy (non-hydrogen) atoms. The zero-order valence-electron chi connectivity index (χ0n) is 16.0. The molecule has 7 nitrogen and oxygen atoms in total. The van der Waals surface area contributed by atoms with E-state index >= 15 is 0 Å². The van der Waals surface area contributed by atoms with Crippen molar-refractivity contribution in [1.82, 2.24) is 15.0 Å². The minimum absolute atomic E-state index is 0.113. The van der Waals surface area contributed by atoms with E-state index in [0.717, 1.165) is 36.7 Å². The molecule has 0 aliphatic carbocycles. The first-order chi connectivity index (χ1) is 13.5. The monoisotopic (exact) mass is 381 g/mol. The number of hydrogen-bond acceptors (Lipinski definition) is 6. The van der Waals surface area contributed by atoms with E-state index in [9.17, 15) is 14.7 Å². The first-order valence-electron chi connectivity index (χ1n) is 9.34. The fraction of sp³-hybridized carbons (Fsp3) is 0.333. The van der Waals surface area contributed by atoms with Gasteiger partial charge in [0.15, 0.2) is 0 Å². The molecular formula is C21H23N3O4. The zero-order valence-corrected chi connectivity index (χ0v) is 16.0. The van der Waals surface area contributed by atoms with Crippen LogP contribution < -0.4 is 0 Å². The van der Waals surface area contributed by atoms with E-state index < -0.39 is 5.97 Å². The summed E-state index contributed by atoms with van der Waals surface area (Å²) >= 11 is 0. The lowest BCUT2D eigenvalue weighted by atomic mass is 10.0. The minimum atomic E-state index is -0.407. The Morgan fingerprint density at radius 3 is 2.71 bits per heavy atom. The van der Waals surface area contributed by atoms with Gasteiger partial charge in [-0.3, -0.25) is 0 Å². The highest BCUT2D eigenvalue weighted by Gasteiger charge is 2.14. The van der Waals surface area contributed by atoms with Gasteiger partial charge in [-0.2, -0.15) is 0 Å². The topological polar surface area (TPSA) is 94.3 Å². The van der Waals surface area contributed by atoms with Gasteiger partial charge >= 0.3 is 5.97 Å². The highest BCUT2D eigenvalue weighted by atomic mass is 16.5. The van der Waals surface area contributed by atoms with Crippen LogP contribution in [0.15, 0.2) is 30.3 Å². The predicted octanol–water partition coefficient (Wildman–Crippen LogP) is 3.52. The average Bonchev–Trinajstić information content (AvgIpc) is 3.11. The van der Waals surface area contributed by atoms with Gasteiger partial charge in [-0.25, -0.2) is 4.79 Å². The van der Waals surface area contributed by atoms with Gasteiger partial charge in [0.05, 0.1) is 12.2 Å². The summed E-state index contributed by atoms with van der Waals surface area (Å²) in [7, 11) is 0. The van der Waals surface area contributed by atoms with E-state index in [4.69, 9.17) is 4.74 Å². The highest BCUT2D eigenvalue weighted by molar-refractivity contribution is 5.93. The highest BCUT2D eigenvalue weighted by Crippen LogP contribution is 2.28. The zero-order chi connectivity index (χ0) is 20.1. The first-order valence-corrected chi connectivity index (χ1v) is 9.34. The molecule has 0 amide bonds. The molecule has 1 heterocycles. The van der Waals surface area contributed by atoms with Gasteiger partial charge in [0.25, 0.3) is 0 Å². The van der Waals surface area contributed by atoms with Crippen molar-refractivity contribution in [3.63, 3.8) is 0 Å². The largest absolute Gasteiger partial charge is 0.505 e. The quantitative estimate of drug-likeness (QED) is 0.364. The maximum absolute atomic E-state index is 11.9. The second-order valence-corrected chi connectivity index (χ2v) is 6.61. The molecule has 0 aliphatic heterocycles. The number of rotatable bonds is 8. The lowest BCUT2D eigenvalue weighted by Crippen LogP contribution is -2.04. The van der Waals surface area contributed by atoms with Crippen LogP contribution in [0.5, 0.6) is 5.75 Å². The Morgan fingerprint density at radius 1 is 1.18 bits per heavy atom.